The molecule has 0 bridgehead atoms. The summed E-state index contributed by atoms with van der Waals surface area (Å²) >= 11 is 1.34. The smallest absolute Gasteiger partial charge is 0.293 e. The van der Waals surface area contributed by atoms with E-state index in [1.165, 1.54) is 34.1 Å². The van der Waals surface area contributed by atoms with E-state index in [0.29, 0.717) is 49.4 Å². The molecule has 1 aliphatic heterocycles. The average molecular weight is 484 g/mol. The zero-order valence-electron chi connectivity index (χ0n) is 19.1. The molecule has 1 N–H and O–H groups in total. The van der Waals surface area contributed by atoms with E-state index in [2.05, 4.69) is 15.3 Å². The number of aromatic nitrogens is 3. The summed E-state index contributed by atoms with van der Waals surface area (Å²) in [7, 11) is 0. The summed E-state index contributed by atoms with van der Waals surface area (Å²) in [5.74, 6) is -0.170. The van der Waals surface area contributed by atoms with E-state index < -0.39 is 5.56 Å². The van der Waals surface area contributed by atoms with Crippen molar-refractivity contribution in [1.82, 2.24) is 14.4 Å². The number of nitrogens with zero attached hydrogens (tertiary/aromatic N) is 4. The number of pyridine rings is 1. The lowest BCUT2D eigenvalue weighted by Crippen LogP contribution is -2.41. The molecule has 0 unspecified atom stereocenters. The number of rotatable bonds is 6. The fraction of sp³-hybridized carbons (Fsp3) is 0.391. The first-order valence-corrected chi connectivity index (χ1v) is 11.7. The first-order chi connectivity index (χ1) is 16.2. The van der Waals surface area contributed by atoms with Crippen LogP contribution in [0.1, 0.15) is 60.0 Å². The topological polar surface area (TPSA) is 123 Å². The summed E-state index contributed by atoms with van der Waals surface area (Å²) in [5, 5.41) is 5.17. The van der Waals surface area contributed by atoms with Gasteiger partial charge in [-0.05, 0) is 25.0 Å². The van der Waals surface area contributed by atoms with Crippen molar-refractivity contribution in [3.8, 4) is 0 Å². The van der Waals surface area contributed by atoms with Crippen LogP contribution in [-0.4, -0.2) is 52.2 Å². The van der Waals surface area contributed by atoms with Crippen molar-refractivity contribution in [3.63, 3.8) is 0 Å². The molecule has 0 aromatic carbocycles. The maximum atomic E-state index is 13.0. The van der Waals surface area contributed by atoms with Crippen LogP contribution >= 0.6 is 11.3 Å². The zero-order chi connectivity index (χ0) is 24.5. The van der Waals surface area contributed by atoms with Crippen LogP contribution in [0, 0.1) is 0 Å². The molecule has 1 aliphatic rings. The molecule has 10 nitrogen and oxygen atoms in total. The van der Waals surface area contributed by atoms with Crippen LogP contribution in [0.2, 0.25) is 0 Å². The third-order valence-corrected chi connectivity index (χ3v) is 6.40. The predicted octanol–water partition coefficient (Wildman–Crippen LogP) is 2.66. The molecule has 3 aromatic rings. The number of carbonyl (C=O) groups is 3. The third-order valence-electron chi connectivity index (χ3n) is 5.64. The predicted molar refractivity (Wildman–Crippen MR) is 128 cm³/mol. The van der Waals surface area contributed by atoms with Crippen molar-refractivity contribution in [3.05, 3.63) is 50.9 Å². The standard InChI is InChI=1S/C23H25N5O5S/c1-23(2,3)17-12-34-22(24-17)26-20(31)14-6-8-28-18(9-14)25-19(16(11-29)21(28)32)27-7-4-5-15(10-27)33-13-30/h6,8-9,11-13,15H,4-5,7,10H2,1-3H3,(H,24,26,31)/t15-/m0/s1. The van der Waals surface area contributed by atoms with Gasteiger partial charge in [-0.15, -0.1) is 11.3 Å². The van der Waals surface area contributed by atoms with Gasteiger partial charge in [-0.25, -0.2) is 9.97 Å². The molecule has 1 saturated heterocycles. The van der Waals surface area contributed by atoms with E-state index in [0.717, 1.165) is 5.69 Å². The molecule has 1 atom stereocenters. The Balaban J connectivity index is 1.67. The second-order valence-electron chi connectivity index (χ2n) is 9.10. The van der Waals surface area contributed by atoms with Crippen LogP contribution in [0.5, 0.6) is 0 Å². The van der Waals surface area contributed by atoms with Gasteiger partial charge in [0.2, 0.25) is 0 Å². The molecule has 0 saturated carbocycles. The Morgan fingerprint density at radius 1 is 1.29 bits per heavy atom. The number of aldehydes is 1. The second kappa shape index (κ2) is 9.34. The summed E-state index contributed by atoms with van der Waals surface area (Å²) < 4.78 is 6.31. The van der Waals surface area contributed by atoms with Gasteiger partial charge in [0.25, 0.3) is 17.9 Å². The fourth-order valence-electron chi connectivity index (χ4n) is 3.79. The summed E-state index contributed by atoms with van der Waals surface area (Å²) in [5.41, 5.74) is 0.652. The molecule has 1 amide bonds. The van der Waals surface area contributed by atoms with E-state index in [9.17, 15) is 19.2 Å². The molecular weight excluding hydrogens is 458 g/mol. The molecule has 4 heterocycles. The SMILES string of the molecule is CC(C)(C)c1csc(NC(=O)c2ccn3c(=O)c(C=O)c(N4CCC[C@H](OC=O)C4)nc3c2)n1. The van der Waals surface area contributed by atoms with Crippen molar-refractivity contribution < 1.29 is 19.1 Å². The van der Waals surface area contributed by atoms with Crippen LogP contribution in [0.3, 0.4) is 0 Å². The molecule has 4 rings (SSSR count). The highest BCUT2D eigenvalue weighted by Gasteiger charge is 2.26. The number of carbonyl (C=O) groups excluding carboxylic acids is 3. The van der Waals surface area contributed by atoms with Gasteiger partial charge >= 0.3 is 0 Å². The Morgan fingerprint density at radius 2 is 2.09 bits per heavy atom. The Morgan fingerprint density at radius 3 is 2.76 bits per heavy atom. The number of anilines is 2. The first-order valence-electron chi connectivity index (χ1n) is 10.8. The Bertz CT molecular complexity index is 1310. The van der Waals surface area contributed by atoms with Gasteiger partial charge in [0, 0.05) is 29.1 Å². The normalized spacial score (nSPS) is 16.3. The number of fused-ring (bicyclic) bond motifs is 1. The minimum atomic E-state index is -0.532. The number of amides is 1. The molecule has 0 aliphatic carbocycles. The number of ether oxygens (including phenoxy) is 1. The Hall–Kier alpha value is -3.60. The van der Waals surface area contributed by atoms with Crippen LogP contribution in [-0.2, 0) is 14.9 Å². The molecular formula is C23H25N5O5S. The lowest BCUT2D eigenvalue weighted by atomic mass is 9.93. The van der Waals surface area contributed by atoms with Gasteiger partial charge in [-0.3, -0.25) is 28.9 Å². The highest BCUT2D eigenvalue weighted by molar-refractivity contribution is 7.14. The quantitative estimate of drug-likeness (QED) is 0.531. The van der Waals surface area contributed by atoms with E-state index in [1.807, 2.05) is 26.2 Å². The number of piperidine rings is 1. The van der Waals surface area contributed by atoms with Crippen LogP contribution in [0.25, 0.3) is 5.65 Å². The van der Waals surface area contributed by atoms with E-state index in [1.54, 1.807) is 4.90 Å². The number of thiazole rings is 1. The number of hydrogen-bond donors (Lipinski definition) is 1. The maximum absolute atomic E-state index is 13.0. The van der Waals surface area contributed by atoms with Gasteiger partial charge in [0.15, 0.2) is 11.4 Å². The van der Waals surface area contributed by atoms with Gasteiger partial charge < -0.3 is 9.64 Å². The molecule has 0 spiro atoms. The molecule has 34 heavy (non-hydrogen) atoms. The minimum Gasteiger partial charge on any atom is -0.463 e. The van der Waals surface area contributed by atoms with Crippen LogP contribution < -0.4 is 15.8 Å². The second-order valence-corrected chi connectivity index (χ2v) is 9.96. The first kappa shape index (κ1) is 23.6. The largest absolute Gasteiger partial charge is 0.463 e. The lowest BCUT2D eigenvalue weighted by molar-refractivity contribution is -0.133. The molecule has 11 heteroatoms. The lowest BCUT2D eigenvalue weighted by Gasteiger charge is -2.32. The summed E-state index contributed by atoms with van der Waals surface area (Å²) in [6.45, 7) is 7.41. The zero-order valence-corrected chi connectivity index (χ0v) is 19.9. The van der Waals surface area contributed by atoms with Crippen molar-refractivity contribution in [2.45, 2.75) is 45.1 Å². The van der Waals surface area contributed by atoms with Crippen molar-refractivity contribution >= 4 is 46.6 Å². The minimum absolute atomic E-state index is 0.0843. The summed E-state index contributed by atoms with van der Waals surface area (Å²) in [6, 6.07) is 2.99. The Kier molecular flexibility index (Phi) is 6.47. The van der Waals surface area contributed by atoms with E-state index in [-0.39, 0.29) is 34.5 Å². The fourth-order valence-corrected chi connectivity index (χ4v) is 4.72. The monoisotopic (exact) mass is 483 g/mol. The van der Waals surface area contributed by atoms with Crippen LogP contribution in [0.15, 0.2) is 28.5 Å². The van der Waals surface area contributed by atoms with Gasteiger partial charge in [-0.2, -0.15) is 0 Å². The highest BCUT2D eigenvalue weighted by Crippen LogP contribution is 2.27. The molecule has 3 aromatic heterocycles. The molecule has 0 radical (unpaired) electrons. The van der Waals surface area contributed by atoms with Crippen molar-refractivity contribution in [1.29, 1.82) is 0 Å². The van der Waals surface area contributed by atoms with Gasteiger partial charge in [0.05, 0.1) is 12.2 Å². The third kappa shape index (κ3) is 4.69. The van der Waals surface area contributed by atoms with E-state index in [4.69, 9.17) is 4.74 Å². The van der Waals surface area contributed by atoms with Crippen LogP contribution in [0.4, 0.5) is 10.9 Å². The average Bonchev–Trinajstić information content (AvgIpc) is 3.28. The van der Waals surface area contributed by atoms with Crippen molar-refractivity contribution in [2.24, 2.45) is 0 Å². The summed E-state index contributed by atoms with van der Waals surface area (Å²) in [6.07, 6.45) is 2.96. The Labute approximate surface area is 199 Å². The molecule has 1 fully saturated rings. The van der Waals surface area contributed by atoms with Gasteiger partial charge in [0.1, 0.15) is 23.1 Å². The maximum Gasteiger partial charge on any atom is 0.293 e. The summed E-state index contributed by atoms with van der Waals surface area (Å²) in [4.78, 5) is 59.1. The van der Waals surface area contributed by atoms with Crippen molar-refractivity contribution in [2.75, 3.05) is 23.3 Å². The van der Waals surface area contributed by atoms with E-state index >= 15 is 0 Å². The number of nitrogens with one attached hydrogen (secondary N) is 1. The van der Waals surface area contributed by atoms with Gasteiger partial charge in [-0.1, -0.05) is 20.8 Å². The highest BCUT2D eigenvalue weighted by atomic mass is 32.1. The molecule has 178 valence electrons. The number of hydrogen-bond acceptors (Lipinski definition) is 9.